The molecule has 0 unspecified atom stereocenters. The van der Waals surface area contributed by atoms with Gasteiger partial charge in [-0.25, -0.2) is 4.98 Å². The van der Waals surface area contributed by atoms with Gasteiger partial charge in [-0.15, -0.1) is 5.10 Å². The summed E-state index contributed by atoms with van der Waals surface area (Å²) >= 11 is 0. The molecule has 106 valence electrons. The quantitative estimate of drug-likeness (QED) is 0.767. The number of carbonyl (C=O) groups is 1. The van der Waals surface area contributed by atoms with Crippen LogP contribution in [0.3, 0.4) is 0 Å². The lowest BCUT2D eigenvalue weighted by molar-refractivity contribution is 0.0941. The highest BCUT2D eigenvalue weighted by Gasteiger charge is 2.13. The molecule has 1 aromatic heterocycles. The second kappa shape index (κ2) is 6.29. The second-order valence-corrected chi connectivity index (χ2v) is 4.86. The van der Waals surface area contributed by atoms with Crippen LogP contribution in [0.1, 0.15) is 47.3 Å². The SMILES string of the molecule is CC(C)c1nc(C(=O)NCc2cccc(CO)c2)n[nH]1. The number of hydrogen-bond acceptors (Lipinski definition) is 4. The molecule has 2 rings (SSSR count). The Morgan fingerprint density at radius 3 is 2.80 bits per heavy atom. The van der Waals surface area contributed by atoms with Gasteiger partial charge >= 0.3 is 0 Å². The minimum atomic E-state index is -0.317. The van der Waals surface area contributed by atoms with E-state index in [1.165, 1.54) is 0 Å². The maximum Gasteiger partial charge on any atom is 0.291 e. The number of aliphatic hydroxyl groups is 1. The highest BCUT2D eigenvalue weighted by molar-refractivity contribution is 5.90. The van der Waals surface area contributed by atoms with E-state index < -0.39 is 0 Å². The molecule has 1 aromatic carbocycles. The summed E-state index contributed by atoms with van der Waals surface area (Å²) in [6.07, 6.45) is 0. The fraction of sp³-hybridized carbons (Fsp3) is 0.357. The fourth-order valence-corrected chi connectivity index (χ4v) is 1.73. The molecule has 0 aliphatic rings. The third kappa shape index (κ3) is 3.42. The zero-order valence-corrected chi connectivity index (χ0v) is 11.6. The third-order valence-electron chi connectivity index (χ3n) is 2.88. The molecule has 20 heavy (non-hydrogen) atoms. The van der Waals surface area contributed by atoms with Gasteiger partial charge < -0.3 is 10.4 Å². The van der Waals surface area contributed by atoms with Gasteiger partial charge in [-0.05, 0) is 11.1 Å². The first kappa shape index (κ1) is 14.2. The lowest BCUT2D eigenvalue weighted by Gasteiger charge is -2.04. The molecule has 0 fully saturated rings. The summed E-state index contributed by atoms with van der Waals surface area (Å²) in [6.45, 7) is 4.31. The first-order valence-electron chi connectivity index (χ1n) is 6.49. The Balaban J connectivity index is 1.97. The summed E-state index contributed by atoms with van der Waals surface area (Å²) < 4.78 is 0. The Morgan fingerprint density at radius 2 is 2.15 bits per heavy atom. The van der Waals surface area contributed by atoms with Crippen LogP contribution in [0.4, 0.5) is 0 Å². The topological polar surface area (TPSA) is 90.9 Å². The predicted octanol–water partition coefficient (Wildman–Crippen LogP) is 1.35. The zero-order valence-electron chi connectivity index (χ0n) is 11.6. The number of nitrogens with one attached hydrogen (secondary N) is 2. The number of nitrogens with zero attached hydrogens (tertiary/aromatic N) is 2. The van der Waals surface area contributed by atoms with Crippen LogP contribution < -0.4 is 5.32 Å². The van der Waals surface area contributed by atoms with Crippen LogP contribution in [-0.2, 0) is 13.2 Å². The van der Waals surface area contributed by atoms with Crippen molar-refractivity contribution in [1.29, 1.82) is 0 Å². The van der Waals surface area contributed by atoms with Crippen molar-refractivity contribution < 1.29 is 9.90 Å². The number of aliphatic hydroxyl groups excluding tert-OH is 1. The van der Waals surface area contributed by atoms with Crippen molar-refractivity contribution in [2.24, 2.45) is 0 Å². The van der Waals surface area contributed by atoms with E-state index >= 15 is 0 Å². The molecule has 0 saturated carbocycles. The van der Waals surface area contributed by atoms with Crippen molar-refractivity contribution >= 4 is 5.91 Å². The average molecular weight is 274 g/mol. The van der Waals surface area contributed by atoms with Crippen molar-refractivity contribution in [3.63, 3.8) is 0 Å². The summed E-state index contributed by atoms with van der Waals surface area (Å²) in [5, 5.41) is 18.5. The zero-order chi connectivity index (χ0) is 14.5. The molecule has 1 heterocycles. The normalized spacial score (nSPS) is 10.8. The number of rotatable bonds is 5. The highest BCUT2D eigenvalue weighted by Crippen LogP contribution is 2.08. The van der Waals surface area contributed by atoms with Gasteiger partial charge in [0.25, 0.3) is 5.91 Å². The number of hydrogen-bond donors (Lipinski definition) is 3. The van der Waals surface area contributed by atoms with Crippen LogP contribution in [0.5, 0.6) is 0 Å². The molecular formula is C14H18N4O2. The molecule has 0 atom stereocenters. The molecule has 0 aliphatic carbocycles. The van der Waals surface area contributed by atoms with Crippen LogP contribution >= 0.6 is 0 Å². The molecule has 6 heteroatoms. The van der Waals surface area contributed by atoms with E-state index in [4.69, 9.17) is 5.11 Å². The number of aromatic nitrogens is 3. The van der Waals surface area contributed by atoms with E-state index in [-0.39, 0.29) is 24.3 Å². The van der Waals surface area contributed by atoms with Gasteiger partial charge in [-0.3, -0.25) is 9.89 Å². The number of amides is 1. The molecule has 0 radical (unpaired) electrons. The van der Waals surface area contributed by atoms with E-state index in [2.05, 4.69) is 20.5 Å². The standard InChI is InChI=1S/C14H18N4O2/c1-9(2)12-16-13(18-17-12)14(20)15-7-10-4-3-5-11(6-10)8-19/h3-6,9,19H,7-8H2,1-2H3,(H,15,20)(H,16,17,18). The monoisotopic (exact) mass is 274 g/mol. The Labute approximate surface area is 117 Å². The Morgan fingerprint density at radius 1 is 1.40 bits per heavy atom. The van der Waals surface area contributed by atoms with Gasteiger partial charge in [0.15, 0.2) is 0 Å². The van der Waals surface area contributed by atoms with Gasteiger partial charge in [0.2, 0.25) is 5.82 Å². The first-order chi connectivity index (χ1) is 9.60. The Bertz CT molecular complexity index is 592. The lowest BCUT2D eigenvalue weighted by atomic mass is 10.1. The molecule has 0 aliphatic heterocycles. The van der Waals surface area contributed by atoms with Crippen LogP contribution in [0, 0.1) is 0 Å². The maximum atomic E-state index is 11.9. The van der Waals surface area contributed by atoms with Crippen molar-refractivity contribution in [2.75, 3.05) is 0 Å². The predicted molar refractivity (Wildman–Crippen MR) is 74.0 cm³/mol. The molecule has 0 spiro atoms. The molecule has 0 saturated heterocycles. The van der Waals surface area contributed by atoms with E-state index in [0.29, 0.717) is 12.4 Å². The van der Waals surface area contributed by atoms with E-state index in [9.17, 15) is 4.79 Å². The fourth-order valence-electron chi connectivity index (χ4n) is 1.73. The average Bonchev–Trinajstić information content (AvgIpc) is 2.95. The smallest absolute Gasteiger partial charge is 0.291 e. The van der Waals surface area contributed by atoms with Gasteiger partial charge in [-0.1, -0.05) is 38.1 Å². The van der Waals surface area contributed by atoms with Crippen LogP contribution in [0.15, 0.2) is 24.3 Å². The van der Waals surface area contributed by atoms with Crippen molar-refractivity contribution in [2.45, 2.75) is 32.9 Å². The van der Waals surface area contributed by atoms with E-state index in [1.54, 1.807) is 0 Å². The lowest BCUT2D eigenvalue weighted by Crippen LogP contribution is -2.24. The maximum absolute atomic E-state index is 11.9. The summed E-state index contributed by atoms with van der Waals surface area (Å²) in [5.74, 6) is 0.720. The summed E-state index contributed by atoms with van der Waals surface area (Å²) in [7, 11) is 0. The Kier molecular flexibility index (Phi) is 4.47. The number of benzene rings is 1. The number of aromatic amines is 1. The van der Waals surface area contributed by atoms with Crippen molar-refractivity contribution in [1.82, 2.24) is 20.5 Å². The van der Waals surface area contributed by atoms with Crippen molar-refractivity contribution in [3.05, 3.63) is 47.0 Å². The van der Waals surface area contributed by atoms with Gasteiger partial charge in [0.05, 0.1) is 6.61 Å². The molecule has 0 bridgehead atoms. The van der Waals surface area contributed by atoms with E-state index in [1.807, 2.05) is 38.1 Å². The minimum Gasteiger partial charge on any atom is -0.392 e. The molecule has 6 nitrogen and oxygen atoms in total. The second-order valence-electron chi connectivity index (χ2n) is 4.86. The van der Waals surface area contributed by atoms with Gasteiger partial charge in [-0.2, -0.15) is 0 Å². The minimum absolute atomic E-state index is 0.0134. The summed E-state index contributed by atoms with van der Waals surface area (Å²) in [6, 6.07) is 7.40. The molecule has 3 N–H and O–H groups in total. The van der Waals surface area contributed by atoms with Gasteiger partial charge in [0, 0.05) is 12.5 Å². The van der Waals surface area contributed by atoms with Crippen LogP contribution in [0.25, 0.3) is 0 Å². The number of carbonyl (C=O) groups excluding carboxylic acids is 1. The van der Waals surface area contributed by atoms with Crippen LogP contribution in [-0.4, -0.2) is 26.2 Å². The summed E-state index contributed by atoms with van der Waals surface area (Å²) in [4.78, 5) is 16.0. The Hall–Kier alpha value is -2.21. The van der Waals surface area contributed by atoms with Crippen LogP contribution in [0.2, 0.25) is 0 Å². The van der Waals surface area contributed by atoms with Gasteiger partial charge in [0.1, 0.15) is 5.82 Å². The molecule has 1 amide bonds. The molecule has 2 aromatic rings. The van der Waals surface area contributed by atoms with E-state index in [0.717, 1.165) is 11.1 Å². The third-order valence-corrected chi connectivity index (χ3v) is 2.88. The largest absolute Gasteiger partial charge is 0.392 e. The number of H-pyrrole nitrogens is 1. The van der Waals surface area contributed by atoms with Crippen molar-refractivity contribution in [3.8, 4) is 0 Å². The highest BCUT2D eigenvalue weighted by atomic mass is 16.3. The molecular weight excluding hydrogens is 256 g/mol. The first-order valence-corrected chi connectivity index (χ1v) is 6.49. The summed E-state index contributed by atoms with van der Waals surface area (Å²) in [5.41, 5.74) is 1.74.